The molecule has 0 atom stereocenters. The van der Waals surface area contributed by atoms with E-state index in [1.807, 2.05) is 0 Å². The number of hydrogen-bond acceptors (Lipinski definition) is 2. The smallest absolute Gasteiger partial charge is 0.256 e. The Morgan fingerprint density at radius 3 is 2.76 bits per heavy atom. The summed E-state index contributed by atoms with van der Waals surface area (Å²) in [4.78, 5) is 12.9. The van der Waals surface area contributed by atoms with Crippen LogP contribution in [0.1, 0.15) is 18.4 Å². The van der Waals surface area contributed by atoms with Crippen LogP contribution in [0.3, 0.4) is 0 Å². The van der Waals surface area contributed by atoms with E-state index < -0.39 is 13.0 Å². The third kappa shape index (κ3) is 4.57. The molecule has 111 valence electrons. The summed E-state index contributed by atoms with van der Waals surface area (Å²) in [7, 11) is 1.54. The number of methoxy groups -OCH3 is 1. The minimum absolute atomic E-state index is 0. The summed E-state index contributed by atoms with van der Waals surface area (Å²) < 4.78 is 31.0. The molecular weight excluding hydrogens is 421 g/mol. The number of nitrogens with zero attached hydrogens (tertiary/aromatic N) is 1. The van der Waals surface area contributed by atoms with Gasteiger partial charge in [-0.1, -0.05) is 20.4 Å². The molecule has 1 aromatic carbocycles. The minimum Gasteiger partial charge on any atom is -0.497 e. The van der Waals surface area contributed by atoms with E-state index in [0.29, 0.717) is 27.9 Å². The summed E-state index contributed by atoms with van der Waals surface area (Å²) in [5.74, 6) is 0.338. The molecule has 7 heteroatoms. The third-order valence-electron chi connectivity index (χ3n) is 2.95. The molecule has 0 spiro atoms. The Morgan fingerprint density at radius 2 is 2.19 bits per heavy atom. The van der Waals surface area contributed by atoms with E-state index in [1.165, 1.54) is 0 Å². The number of hydrogen-bond donors (Lipinski definition) is 0. The summed E-state index contributed by atoms with van der Waals surface area (Å²) in [6, 6.07) is 5.17. The predicted molar refractivity (Wildman–Crippen MR) is 74.3 cm³/mol. The quantitative estimate of drug-likeness (QED) is 0.680. The molecule has 0 saturated carbocycles. The molecular formula is C14H13BrF2NO2Y-. The number of carbonyl (C=O) groups excluding carboxylic acids is 1. The van der Waals surface area contributed by atoms with E-state index in [0.717, 1.165) is 4.90 Å². The predicted octanol–water partition coefficient (Wildman–Crippen LogP) is 3.49. The van der Waals surface area contributed by atoms with Crippen LogP contribution in [-0.4, -0.2) is 30.9 Å². The molecule has 1 aliphatic rings. The SMILES string of the molecule is COc1ccc(C2=[C-]CCC(=O)N2CC(F)F)c(Br)c1.[Y]. The van der Waals surface area contributed by atoms with Gasteiger partial charge < -0.3 is 9.64 Å². The van der Waals surface area contributed by atoms with E-state index in [-0.39, 0.29) is 45.0 Å². The average Bonchev–Trinajstić information content (AvgIpc) is 2.41. The van der Waals surface area contributed by atoms with Gasteiger partial charge in [-0.3, -0.25) is 4.79 Å². The first-order chi connectivity index (χ1) is 9.52. The molecule has 0 aliphatic carbocycles. The van der Waals surface area contributed by atoms with Crippen LogP contribution in [-0.2, 0) is 37.5 Å². The second-order valence-electron chi connectivity index (χ2n) is 4.27. The normalized spacial score (nSPS) is 14.8. The second kappa shape index (κ2) is 8.34. The Bertz CT molecular complexity index is 552. The number of alkyl halides is 2. The van der Waals surface area contributed by atoms with Gasteiger partial charge in [0.25, 0.3) is 6.43 Å². The van der Waals surface area contributed by atoms with Gasteiger partial charge in [-0.05, 0) is 12.1 Å². The van der Waals surface area contributed by atoms with E-state index >= 15 is 0 Å². The third-order valence-corrected chi connectivity index (χ3v) is 3.61. The van der Waals surface area contributed by atoms with Gasteiger partial charge in [0.2, 0.25) is 5.91 Å². The van der Waals surface area contributed by atoms with Gasteiger partial charge in [0.15, 0.2) is 0 Å². The summed E-state index contributed by atoms with van der Waals surface area (Å²) >= 11 is 3.37. The maximum atomic E-state index is 12.6. The zero-order valence-corrected chi connectivity index (χ0v) is 15.8. The van der Waals surface area contributed by atoms with E-state index in [1.54, 1.807) is 25.3 Å². The standard InChI is InChI=1S/C14H13BrF2NO2.Y/c1-20-9-5-6-10(11(15)7-9)12-3-2-4-14(19)18(12)8-13(16)17;/h5-7,13H,2,4,8H2,1H3;/q-1;. The zero-order chi connectivity index (χ0) is 14.7. The maximum Gasteiger partial charge on any atom is 0.256 e. The van der Waals surface area contributed by atoms with Crippen LogP contribution in [0.4, 0.5) is 8.78 Å². The fourth-order valence-electron chi connectivity index (χ4n) is 2.03. The van der Waals surface area contributed by atoms with Gasteiger partial charge in [0.1, 0.15) is 5.75 Å². The van der Waals surface area contributed by atoms with Crippen molar-refractivity contribution < 1.29 is 51.0 Å². The molecule has 0 unspecified atom stereocenters. The largest absolute Gasteiger partial charge is 0.497 e. The molecule has 0 aromatic heterocycles. The van der Waals surface area contributed by atoms with Crippen LogP contribution >= 0.6 is 15.9 Å². The number of ether oxygens (including phenoxy) is 1. The van der Waals surface area contributed by atoms with Crippen molar-refractivity contribution >= 4 is 27.5 Å². The monoisotopic (exact) mass is 433 g/mol. The Balaban J connectivity index is 0.00000220. The van der Waals surface area contributed by atoms with Crippen molar-refractivity contribution in [2.45, 2.75) is 19.3 Å². The summed E-state index contributed by atoms with van der Waals surface area (Å²) in [6.45, 7) is -0.611. The molecule has 0 fully saturated rings. The Labute approximate surface area is 155 Å². The molecule has 1 radical (unpaired) electrons. The topological polar surface area (TPSA) is 29.5 Å². The van der Waals surface area contributed by atoms with Gasteiger partial charge in [-0.25, -0.2) is 14.9 Å². The van der Waals surface area contributed by atoms with Crippen molar-refractivity contribution in [3.63, 3.8) is 0 Å². The molecule has 21 heavy (non-hydrogen) atoms. The summed E-state index contributed by atoms with van der Waals surface area (Å²) in [5.41, 5.74) is 1.05. The molecule has 1 aliphatic heterocycles. The Kier molecular flexibility index (Phi) is 7.44. The van der Waals surface area contributed by atoms with Crippen LogP contribution < -0.4 is 4.74 Å². The molecule has 2 rings (SSSR count). The van der Waals surface area contributed by atoms with Crippen LogP contribution in [0.5, 0.6) is 5.75 Å². The Morgan fingerprint density at radius 1 is 1.48 bits per heavy atom. The number of benzene rings is 1. The molecule has 3 nitrogen and oxygen atoms in total. The van der Waals surface area contributed by atoms with Crippen LogP contribution in [0.25, 0.3) is 5.70 Å². The fraction of sp³-hybridized carbons (Fsp3) is 0.357. The molecule has 0 saturated heterocycles. The molecule has 0 bridgehead atoms. The molecule has 0 N–H and O–H groups in total. The van der Waals surface area contributed by atoms with Gasteiger partial charge in [-0.15, -0.1) is 23.7 Å². The van der Waals surface area contributed by atoms with Gasteiger partial charge in [0.05, 0.1) is 13.7 Å². The summed E-state index contributed by atoms with van der Waals surface area (Å²) in [6.07, 6.45) is 1.09. The van der Waals surface area contributed by atoms with Crippen molar-refractivity contribution in [2.24, 2.45) is 0 Å². The summed E-state index contributed by atoms with van der Waals surface area (Å²) in [5, 5.41) is 0. The maximum absolute atomic E-state index is 12.6. The number of amides is 1. The minimum atomic E-state index is -2.58. The molecule has 1 aromatic rings. The van der Waals surface area contributed by atoms with Crippen LogP contribution in [0.2, 0.25) is 0 Å². The first-order valence-electron chi connectivity index (χ1n) is 6.06. The Hall–Kier alpha value is -0.326. The number of allylic oxidation sites excluding steroid dienone is 1. The molecule has 1 heterocycles. The van der Waals surface area contributed by atoms with Crippen molar-refractivity contribution in [1.82, 2.24) is 4.90 Å². The first-order valence-corrected chi connectivity index (χ1v) is 6.85. The first kappa shape index (κ1) is 18.7. The van der Waals surface area contributed by atoms with Crippen molar-refractivity contribution in [3.05, 3.63) is 34.3 Å². The van der Waals surface area contributed by atoms with Crippen molar-refractivity contribution in [2.75, 3.05) is 13.7 Å². The van der Waals surface area contributed by atoms with Gasteiger partial charge in [-0.2, -0.15) is 0 Å². The fourth-order valence-corrected chi connectivity index (χ4v) is 2.58. The average molecular weight is 434 g/mol. The van der Waals surface area contributed by atoms with E-state index in [2.05, 4.69) is 22.0 Å². The van der Waals surface area contributed by atoms with Crippen molar-refractivity contribution in [1.29, 1.82) is 0 Å². The van der Waals surface area contributed by atoms with Crippen molar-refractivity contribution in [3.8, 4) is 5.75 Å². The molecule has 1 amide bonds. The van der Waals surface area contributed by atoms with Crippen LogP contribution in [0, 0.1) is 6.08 Å². The number of carbonyl (C=O) groups is 1. The van der Waals surface area contributed by atoms with Crippen LogP contribution in [0.15, 0.2) is 22.7 Å². The zero-order valence-electron chi connectivity index (χ0n) is 11.4. The second-order valence-corrected chi connectivity index (χ2v) is 5.12. The van der Waals surface area contributed by atoms with E-state index in [9.17, 15) is 13.6 Å². The number of halogens is 3. The van der Waals surface area contributed by atoms with Gasteiger partial charge in [0, 0.05) is 39.1 Å². The van der Waals surface area contributed by atoms with Gasteiger partial charge >= 0.3 is 0 Å². The number of rotatable bonds is 4. The van der Waals surface area contributed by atoms with E-state index in [4.69, 9.17) is 4.74 Å².